The molecule has 0 saturated heterocycles. The van der Waals surface area contributed by atoms with Crippen molar-refractivity contribution in [2.45, 2.75) is 56.8 Å². The van der Waals surface area contributed by atoms with Crippen molar-refractivity contribution in [3.63, 3.8) is 0 Å². The van der Waals surface area contributed by atoms with Crippen molar-refractivity contribution in [3.8, 4) is 0 Å². The normalized spacial score (nSPS) is 34.7. The first kappa shape index (κ1) is 13.0. The molecule has 1 aromatic heterocycles. The Kier molecular flexibility index (Phi) is 2.75. The quantitative estimate of drug-likeness (QED) is 0.916. The van der Waals surface area contributed by atoms with E-state index in [1.807, 2.05) is 0 Å². The zero-order valence-corrected chi connectivity index (χ0v) is 11.1. The summed E-state index contributed by atoms with van der Waals surface area (Å²) in [5.41, 5.74) is 0.641. The van der Waals surface area contributed by atoms with Crippen LogP contribution in [0.5, 0.6) is 0 Å². The van der Waals surface area contributed by atoms with Gasteiger partial charge in [-0.1, -0.05) is 5.16 Å². The van der Waals surface area contributed by atoms with E-state index in [2.05, 4.69) is 5.16 Å². The highest BCUT2D eigenvalue weighted by Gasteiger charge is 2.50. The molecule has 0 atom stereocenters. The minimum atomic E-state index is -2.97. The van der Waals surface area contributed by atoms with Gasteiger partial charge in [-0.25, -0.2) is 0 Å². The lowest BCUT2D eigenvalue weighted by Gasteiger charge is -2.52. The number of aliphatic hydroxyl groups is 1. The van der Waals surface area contributed by atoms with Crippen LogP contribution in [0.2, 0.25) is 0 Å². The Hall–Kier alpha value is -0.970. The number of rotatable bonds is 3. The monoisotopic (exact) mass is 271 g/mol. The molecule has 0 unspecified atom stereocenters. The molecule has 0 amide bonds. The van der Waals surface area contributed by atoms with Gasteiger partial charge in [-0.15, -0.1) is 0 Å². The number of aromatic nitrogens is 1. The number of hydrogen-bond donors (Lipinski definition) is 1. The maximum absolute atomic E-state index is 13.2. The fourth-order valence-corrected chi connectivity index (χ4v) is 3.62. The second-order valence-corrected chi connectivity index (χ2v) is 6.40. The molecule has 0 aliphatic heterocycles. The molecule has 19 heavy (non-hydrogen) atoms. The lowest BCUT2D eigenvalue weighted by molar-refractivity contribution is -0.0129. The molecular formula is C14H19F2NO2. The van der Waals surface area contributed by atoms with Crippen LogP contribution < -0.4 is 0 Å². The van der Waals surface area contributed by atoms with E-state index in [1.54, 1.807) is 0 Å². The summed E-state index contributed by atoms with van der Waals surface area (Å²) in [6.45, 7) is 1.06. The van der Waals surface area contributed by atoms with Crippen molar-refractivity contribution in [2.75, 3.05) is 6.61 Å². The highest BCUT2D eigenvalue weighted by Crippen LogP contribution is 2.57. The molecule has 3 fully saturated rings. The molecule has 0 aromatic carbocycles. The summed E-state index contributed by atoms with van der Waals surface area (Å²) >= 11 is 0. The largest absolute Gasteiger partial charge is 0.396 e. The van der Waals surface area contributed by atoms with Crippen molar-refractivity contribution in [1.82, 2.24) is 5.16 Å². The molecular weight excluding hydrogens is 252 g/mol. The van der Waals surface area contributed by atoms with Gasteiger partial charge < -0.3 is 9.63 Å². The molecule has 1 aromatic rings. The average molecular weight is 271 g/mol. The van der Waals surface area contributed by atoms with Crippen molar-refractivity contribution in [1.29, 1.82) is 0 Å². The van der Waals surface area contributed by atoms with Gasteiger partial charge in [0, 0.05) is 25.0 Å². The first-order valence-electron chi connectivity index (χ1n) is 6.86. The molecule has 3 aliphatic rings. The maximum atomic E-state index is 13.2. The summed E-state index contributed by atoms with van der Waals surface area (Å²) in [6, 6.07) is 1.43. The summed E-state index contributed by atoms with van der Waals surface area (Å²) < 4.78 is 31.3. The zero-order chi connectivity index (χ0) is 13.7. The number of fused-ring (bicyclic) bond motifs is 3. The average Bonchev–Trinajstić information content (AvgIpc) is 2.91. The lowest BCUT2D eigenvalue weighted by atomic mass is 9.53. The molecule has 5 heteroatoms. The predicted molar refractivity (Wildman–Crippen MR) is 65.0 cm³/mol. The molecule has 4 rings (SSSR count). The van der Waals surface area contributed by atoms with E-state index in [-0.39, 0.29) is 23.2 Å². The molecule has 0 spiro atoms. The van der Waals surface area contributed by atoms with E-state index < -0.39 is 5.92 Å². The number of halogens is 2. The third-order valence-electron chi connectivity index (χ3n) is 5.22. The van der Waals surface area contributed by atoms with Crippen LogP contribution in [0.4, 0.5) is 8.78 Å². The second-order valence-electron chi connectivity index (χ2n) is 6.40. The van der Waals surface area contributed by atoms with Crippen molar-refractivity contribution < 1.29 is 18.4 Å². The minimum Gasteiger partial charge on any atom is -0.396 e. The maximum Gasteiger partial charge on any atom is 0.304 e. The Morgan fingerprint density at radius 1 is 1.26 bits per heavy atom. The summed E-state index contributed by atoms with van der Waals surface area (Å²) in [5, 5.41) is 13.4. The Morgan fingerprint density at radius 3 is 2.26 bits per heavy atom. The van der Waals surface area contributed by atoms with Gasteiger partial charge in [0.2, 0.25) is 5.76 Å². The van der Waals surface area contributed by atoms with Crippen molar-refractivity contribution in [3.05, 3.63) is 17.5 Å². The topological polar surface area (TPSA) is 46.3 Å². The Bertz CT molecular complexity index is 454. The summed E-state index contributed by atoms with van der Waals surface area (Å²) in [6.07, 6.45) is 5.59. The van der Waals surface area contributed by atoms with Crippen LogP contribution in [-0.4, -0.2) is 16.9 Å². The fourth-order valence-electron chi connectivity index (χ4n) is 3.62. The van der Waals surface area contributed by atoms with Gasteiger partial charge in [0.05, 0.1) is 5.69 Å². The van der Waals surface area contributed by atoms with Crippen LogP contribution in [-0.2, 0) is 11.3 Å². The SMILES string of the molecule is CC(F)(F)c1cc(C23CCC(CO)(CC2)CC3)no1. The summed E-state index contributed by atoms with van der Waals surface area (Å²) in [4.78, 5) is 0. The molecule has 106 valence electrons. The first-order chi connectivity index (χ1) is 8.89. The van der Waals surface area contributed by atoms with Crippen LogP contribution in [0.3, 0.4) is 0 Å². The number of nitrogens with zero attached hydrogens (tertiary/aromatic N) is 1. The molecule has 1 N–H and O–H groups in total. The van der Waals surface area contributed by atoms with Gasteiger partial charge in [-0.05, 0) is 43.9 Å². The second kappa shape index (κ2) is 4.01. The molecule has 1 heterocycles. The zero-order valence-electron chi connectivity index (χ0n) is 11.1. The van der Waals surface area contributed by atoms with Crippen molar-refractivity contribution in [2.24, 2.45) is 5.41 Å². The van der Waals surface area contributed by atoms with Gasteiger partial charge in [0.15, 0.2) is 0 Å². The van der Waals surface area contributed by atoms with E-state index in [0.29, 0.717) is 5.69 Å². The third kappa shape index (κ3) is 1.98. The molecule has 3 saturated carbocycles. The van der Waals surface area contributed by atoms with Crippen molar-refractivity contribution >= 4 is 0 Å². The Morgan fingerprint density at radius 2 is 1.84 bits per heavy atom. The molecule has 3 aliphatic carbocycles. The number of aliphatic hydroxyl groups excluding tert-OH is 1. The first-order valence-corrected chi connectivity index (χ1v) is 6.86. The van der Waals surface area contributed by atoms with Gasteiger partial charge in [0.25, 0.3) is 0 Å². The number of alkyl halides is 2. The Balaban J connectivity index is 1.86. The smallest absolute Gasteiger partial charge is 0.304 e. The summed E-state index contributed by atoms with van der Waals surface area (Å²) in [5.74, 6) is -3.32. The van der Waals surface area contributed by atoms with Gasteiger partial charge >= 0.3 is 5.92 Å². The van der Waals surface area contributed by atoms with E-state index in [1.165, 1.54) is 6.07 Å². The van der Waals surface area contributed by atoms with E-state index in [4.69, 9.17) is 4.52 Å². The highest BCUT2D eigenvalue weighted by molar-refractivity contribution is 5.23. The number of hydrogen-bond acceptors (Lipinski definition) is 3. The molecule has 0 radical (unpaired) electrons. The van der Waals surface area contributed by atoms with E-state index in [0.717, 1.165) is 45.4 Å². The van der Waals surface area contributed by atoms with E-state index in [9.17, 15) is 13.9 Å². The molecule has 3 nitrogen and oxygen atoms in total. The van der Waals surface area contributed by atoms with Crippen LogP contribution in [0.15, 0.2) is 10.6 Å². The Labute approximate surface area is 111 Å². The van der Waals surface area contributed by atoms with Crippen LogP contribution in [0, 0.1) is 5.41 Å². The van der Waals surface area contributed by atoms with Gasteiger partial charge in [-0.3, -0.25) is 0 Å². The van der Waals surface area contributed by atoms with Crippen LogP contribution >= 0.6 is 0 Å². The van der Waals surface area contributed by atoms with Gasteiger partial charge in [0.1, 0.15) is 0 Å². The highest BCUT2D eigenvalue weighted by atomic mass is 19.3. The predicted octanol–water partition coefficient (Wildman–Crippen LogP) is 3.37. The standard InChI is InChI=1S/C14H19F2NO2/c1-12(15,16)11-8-10(17-19-11)14-5-2-13(9-18,3-6-14)4-7-14/h8,18H,2-7,9H2,1H3. The minimum absolute atomic E-state index is 0.0724. The fraction of sp³-hybridized carbons (Fsp3) is 0.786. The van der Waals surface area contributed by atoms with E-state index >= 15 is 0 Å². The van der Waals surface area contributed by atoms with Crippen LogP contribution in [0.25, 0.3) is 0 Å². The lowest BCUT2D eigenvalue weighted by Crippen LogP contribution is -2.46. The van der Waals surface area contributed by atoms with Crippen LogP contribution in [0.1, 0.15) is 56.9 Å². The third-order valence-corrected chi connectivity index (χ3v) is 5.22. The molecule has 2 bridgehead atoms. The summed E-state index contributed by atoms with van der Waals surface area (Å²) in [7, 11) is 0. The van der Waals surface area contributed by atoms with Gasteiger partial charge in [-0.2, -0.15) is 8.78 Å².